The van der Waals surface area contributed by atoms with Crippen molar-refractivity contribution in [2.24, 2.45) is 0 Å². The number of hydrogen-bond acceptors (Lipinski definition) is 5. The lowest BCUT2D eigenvalue weighted by Gasteiger charge is -2.14. The zero-order valence-electron chi connectivity index (χ0n) is 16.1. The third kappa shape index (κ3) is 4.42. The summed E-state index contributed by atoms with van der Waals surface area (Å²) < 4.78 is 5.16. The molecule has 1 N–H and O–H groups in total. The Morgan fingerprint density at radius 3 is 2.46 bits per heavy atom. The summed E-state index contributed by atoms with van der Waals surface area (Å²) in [6.07, 6.45) is 2.17. The minimum Gasteiger partial charge on any atom is -0.462 e. The van der Waals surface area contributed by atoms with Gasteiger partial charge in [0.15, 0.2) is 0 Å². The van der Waals surface area contributed by atoms with E-state index in [9.17, 15) is 14.4 Å². The maximum absolute atomic E-state index is 12.9. The largest absolute Gasteiger partial charge is 0.462 e. The molecule has 0 saturated carbocycles. The normalized spacial score (nSPS) is 13.4. The number of carbonyl (C=O) groups is 3. The number of carbonyl (C=O) groups excluding carboxylic acids is 3. The van der Waals surface area contributed by atoms with Crippen LogP contribution in [0.3, 0.4) is 0 Å². The standard InChI is InChI=1S/C21H24N2O4S/c1-3-27-21(26)17-14(2)18(20(25)23-11-7-8-12-23)28-19(17)22-16(24)13-15-9-5-4-6-10-15/h4-6,9-10H,3,7-8,11-13H2,1-2H3,(H,22,24). The number of nitrogens with one attached hydrogen (secondary N) is 1. The first kappa shape index (κ1) is 20.1. The van der Waals surface area contributed by atoms with Crippen LogP contribution in [0.2, 0.25) is 0 Å². The molecule has 0 aliphatic carbocycles. The molecule has 0 spiro atoms. The van der Waals surface area contributed by atoms with Gasteiger partial charge in [0.25, 0.3) is 5.91 Å². The number of nitrogens with zero attached hydrogens (tertiary/aromatic N) is 1. The SMILES string of the molecule is CCOC(=O)c1c(NC(=O)Cc2ccccc2)sc(C(=O)N2CCCC2)c1C. The van der Waals surface area contributed by atoms with Crippen LogP contribution in [0.15, 0.2) is 30.3 Å². The fraction of sp³-hybridized carbons (Fsp3) is 0.381. The summed E-state index contributed by atoms with van der Waals surface area (Å²) >= 11 is 1.15. The average Bonchev–Trinajstić information content (AvgIpc) is 3.30. The minimum absolute atomic E-state index is 0.0888. The molecule has 0 bridgehead atoms. The third-order valence-corrected chi connectivity index (χ3v) is 5.87. The Morgan fingerprint density at radius 2 is 1.82 bits per heavy atom. The summed E-state index contributed by atoms with van der Waals surface area (Å²) in [7, 11) is 0. The van der Waals surface area contributed by atoms with E-state index in [1.807, 2.05) is 30.3 Å². The molecule has 2 heterocycles. The lowest BCUT2D eigenvalue weighted by atomic mass is 10.1. The summed E-state index contributed by atoms with van der Waals surface area (Å²) in [5.41, 5.74) is 1.71. The van der Waals surface area contributed by atoms with Crippen LogP contribution in [0, 0.1) is 6.92 Å². The Hall–Kier alpha value is -2.67. The highest BCUT2D eigenvalue weighted by molar-refractivity contribution is 7.18. The van der Waals surface area contributed by atoms with Gasteiger partial charge in [-0.05, 0) is 37.8 Å². The maximum atomic E-state index is 12.9. The Bertz CT molecular complexity index is 870. The van der Waals surface area contributed by atoms with Crippen LogP contribution in [-0.2, 0) is 16.0 Å². The number of hydrogen-bond donors (Lipinski definition) is 1. The average molecular weight is 401 g/mol. The number of thiophene rings is 1. The molecular formula is C21H24N2O4S. The number of likely N-dealkylation sites (tertiary alicyclic amines) is 1. The number of amides is 2. The zero-order chi connectivity index (χ0) is 20.1. The van der Waals surface area contributed by atoms with Gasteiger partial charge in [0.2, 0.25) is 5.91 Å². The van der Waals surface area contributed by atoms with Crippen molar-refractivity contribution in [3.05, 3.63) is 51.9 Å². The molecule has 148 valence electrons. The number of benzene rings is 1. The van der Waals surface area contributed by atoms with E-state index >= 15 is 0 Å². The van der Waals surface area contributed by atoms with Crippen LogP contribution < -0.4 is 5.32 Å². The van der Waals surface area contributed by atoms with Gasteiger partial charge in [0.1, 0.15) is 5.00 Å². The van der Waals surface area contributed by atoms with E-state index in [2.05, 4.69) is 5.32 Å². The van der Waals surface area contributed by atoms with Crippen LogP contribution >= 0.6 is 11.3 Å². The monoisotopic (exact) mass is 400 g/mol. The van der Waals surface area contributed by atoms with Crippen molar-refractivity contribution in [3.8, 4) is 0 Å². The first-order valence-corrected chi connectivity index (χ1v) is 10.3. The highest BCUT2D eigenvalue weighted by Gasteiger charge is 2.29. The van der Waals surface area contributed by atoms with Crippen molar-refractivity contribution in [2.75, 3.05) is 25.0 Å². The Morgan fingerprint density at radius 1 is 1.14 bits per heavy atom. The van der Waals surface area contributed by atoms with E-state index in [0.717, 1.165) is 42.8 Å². The highest BCUT2D eigenvalue weighted by Crippen LogP contribution is 2.35. The lowest BCUT2D eigenvalue weighted by Crippen LogP contribution is -2.27. The Kier molecular flexibility index (Phi) is 6.46. The molecule has 3 rings (SSSR count). The maximum Gasteiger partial charge on any atom is 0.341 e. The summed E-state index contributed by atoms with van der Waals surface area (Å²) in [6, 6.07) is 9.37. The molecule has 1 saturated heterocycles. The molecule has 0 atom stereocenters. The number of anilines is 1. The van der Waals surface area contributed by atoms with Gasteiger partial charge >= 0.3 is 5.97 Å². The summed E-state index contributed by atoms with van der Waals surface area (Å²) in [6.45, 7) is 5.13. The second kappa shape index (κ2) is 9.01. The third-order valence-electron chi connectivity index (χ3n) is 4.67. The van der Waals surface area contributed by atoms with Crippen LogP contribution in [0.4, 0.5) is 5.00 Å². The van der Waals surface area contributed by atoms with Crippen molar-refractivity contribution in [1.82, 2.24) is 4.90 Å². The van der Waals surface area contributed by atoms with Gasteiger partial charge in [-0.1, -0.05) is 30.3 Å². The molecule has 1 fully saturated rings. The first-order chi connectivity index (χ1) is 13.5. The first-order valence-electron chi connectivity index (χ1n) is 9.44. The quantitative estimate of drug-likeness (QED) is 0.751. The van der Waals surface area contributed by atoms with Crippen molar-refractivity contribution in [2.45, 2.75) is 33.1 Å². The number of ether oxygens (including phenoxy) is 1. The molecular weight excluding hydrogens is 376 g/mol. The van der Waals surface area contributed by atoms with E-state index in [-0.39, 0.29) is 30.4 Å². The Labute approximate surface area is 168 Å². The van der Waals surface area contributed by atoms with Crippen molar-refractivity contribution >= 4 is 34.1 Å². The molecule has 6 nitrogen and oxygen atoms in total. The van der Waals surface area contributed by atoms with Gasteiger partial charge in [0.05, 0.1) is 23.5 Å². The fourth-order valence-electron chi connectivity index (χ4n) is 3.27. The molecule has 2 aromatic rings. The van der Waals surface area contributed by atoms with E-state index < -0.39 is 5.97 Å². The van der Waals surface area contributed by atoms with E-state index in [1.165, 1.54) is 0 Å². The summed E-state index contributed by atoms with van der Waals surface area (Å²) in [4.78, 5) is 40.1. The van der Waals surface area contributed by atoms with Crippen LogP contribution in [0.25, 0.3) is 0 Å². The number of esters is 1. The van der Waals surface area contributed by atoms with Gasteiger partial charge in [-0.3, -0.25) is 9.59 Å². The van der Waals surface area contributed by atoms with Gasteiger partial charge in [0, 0.05) is 13.1 Å². The minimum atomic E-state index is -0.522. The second-order valence-electron chi connectivity index (χ2n) is 6.69. The van der Waals surface area contributed by atoms with E-state index in [1.54, 1.807) is 18.7 Å². The highest BCUT2D eigenvalue weighted by atomic mass is 32.1. The molecule has 28 heavy (non-hydrogen) atoms. The van der Waals surface area contributed by atoms with E-state index in [4.69, 9.17) is 4.74 Å². The van der Waals surface area contributed by atoms with Crippen LogP contribution in [0.5, 0.6) is 0 Å². The molecule has 1 aliphatic rings. The fourth-order valence-corrected chi connectivity index (χ4v) is 4.45. The molecule has 2 amide bonds. The second-order valence-corrected chi connectivity index (χ2v) is 7.71. The van der Waals surface area contributed by atoms with Gasteiger partial charge in [-0.2, -0.15) is 0 Å². The van der Waals surface area contributed by atoms with Gasteiger partial charge in [-0.25, -0.2) is 4.79 Å². The molecule has 0 unspecified atom stereocenters. The lowest BCUT2D eigenvalue weighted by molar-refractivity contribution is -0.115. The van der Waals surface area contributed by atoms with E-state index in [0.29, 0.717) is 15.4 Å². The zero-order valence-corrected chi connectivity index (χ0v) is 16.9. The molecule has 1 aromatic heterocycles. The van der Waals surface area contributed by atoms with Crippen molar-refractivity contribution in [3.63, 3.8) is 0 Å². The van der Waals surface area contributed by atoms with Crippen LogP contribution in [0.1, 0.15) is 50.9 Å². The van der Waals surface area contributed by atoms with Gasteiger partial charge in [-0.15, -0.1) is 11.3 Å². The number of rotatable bonds is 6. The molecule has 0 radical (unpaired) electrons. The van der Waals surface area contributed by atoms with Crippen molar-refractivity contribution in [1.29, 1.82) is 0 Å². The smallest absolute Gasteiger partial charge is 0.341 e. The predicted molar refractivity (Wildman–Crippen MR) is 109 cm³/mol. The summed E-state index contributed by atoms with van der Waals surface area (Å²) in [5, 5.41) is 3.19. The van der Waals surface area contributed by atoms with Crippen molar-refractivity contribution < 1.29 is 19.1 Å². The van der Waals surface area contributed by atoms with Gasteiger partial charge < -0.3 is 15.0 Å². The Balaban J connectivity index is 1.87. The predicted octanol–water partition coefficient (Wildman–Crippen LogP) is 3.65. The summed E-state index contributed by atoms with van der Waals surface area (Å²) in [5.74, 6) is -0.848. The molecule has 1 aromatic carbocycles. The molecule has 7 heteroatoms. The molecule has 1 aliphatic heterocycles. The topological polar surface area (TPSA) is 75.7 Å². The van der Waals surface area contributed by atoms with Crippen LogP contribution in [-0.4, -0.2) is 42.4 Å².